The van der Waals surface area contributed by atoms with Gasteiger partial charge in [0, 0.05) is 9.75 Å². The van der Waals surface area contributed by atoms with Crippen molar-refractivity contribution in [3.8, 4) is 0 Å². The van der Waals surface area contributed by atoms with Crippen LogP contribution in [0.2, 0.25) is 0 Å². The summed E-state index contributed by atoms with van der Waals surface area (Å²) in [6.45, 7) is 7.69. The van der Waals surface area contributed by atoms with Gasteiger partial charge in [0.1, 0.15) is 0 Å². The Morgan fingerprint density at radius 3 is 2.79 bits per heavy atom. The van der Waals surface area contributed by atoms with Gasteiger partial charge < -0.3 is 0 Å². The second kappa shape index (κ2) is 3.81. The fraction of sp³-hybridized carbons (Fsp3) is 0.0769. The number of hydrogen-bond acceptors (Lipinski definition) is 1. The first-order chi connectivity index (χ1) is 6.86. The molecule has 0 saturated heterocycles. The Morgan fingerprint density at radius 2 is 2.07 bits per heavy atom. The lowest BCUT2D eigenvalue weighted by atomic mass is 10.1. The molecule has 1 heteroatoms. The van der Waals surface area contributed by atoms with Crippen LogP contribution in [0.3, 0.4) is 0 Å². The van der Waals surface area contributed by atoms with E-state index >= 15 is 0 Å². The molecule has 1 aromatic rings. The Morgan fingerprint density at radius 1 is 1.21 bits per heavy atom. The maximum Gasteiger partial charge on any atom is 0.0346 e. The van der Waals surface area contributed by atoms with E-state index in [1.54, 1.807) is 11.3 Å². The minimum absolute atomic E-state index is 0.994. The highest BCUT2D eigenvalue weighted by atomic mass is 32.1. The summed E-state index contributed by atoms with van der Waals surface area (Å²) in [5.41, 5.74) is 2.63. The minimum Gasteiger partial charge on any atom is -0.136 e. The van der Waals surface area contributed by atoms with E-state index in [0.717, 1.165) is 6.42 Å². The predicted molar refractivity (Wildman–Crippen MR) is 66.4 cm³/mol. The van der Waals surface area contributed by atoms with E-state index in [0.29, 0.717) is 0 Å². The molecule has 0 aliphatic heterocycles. The van der Waals surface area contributed by atoms with Crippen LogP contribution in [0.5, 0.6) is 0 Å². The molecule has 1 aliphatic carbocycles. The molecule has 0 bridgehead atoms. The van der Waals surface area contributed by atoms with Crippen molar-refractivity contribution in [3.05, 3.63) is 52.3 Å². The first kappa shape index (κ1) is 9.22. The molecule has 0 nitrogen and oxygen atoms in total. The van der Waals surface area contributed by atoms with Crippen LogP contribution >= 0.6 is 11.3 Å². The molecule has 0 radical (unpaired) electrons. The molecule has 0 aromatic carbocycles. The lowest BCUT2D eigenvalue weighted by Gasteiger charge is -1.97. The molecule has 0 saturated carbocycles. The Bertz CT molecular complexity index is 430. The van der Waals surface area contributed by atoms with Crippen LogP contribution in [0.4, 0.5) is 0 Å². The van der Waals surface area contributed by atoms with Crippen molar-refractivity contribution in [2.45, 2.75) is 6.42 Å². The zero-order chi connectivity index (χ0) is 9.97. The Balaban J connectivity index is 2.64. The maximum atomic E-state index is 3.86. The average Bonchev–Trinajstić information content (AvgIpc) is 2.39. The second-order valence-electron chi connectivity index (χ2n) is 3.12. The first-order valence-electron chi connectivity index (χ1n) is 4.60. The van der Waals surface area contributed by atoms with Crippen LogP contribution in [0.25, 0.3) is 18.2 Å². The van der Waals surface area contributed by atoms with Crippen molar-refractivity contribution < 1.29 is 0 Å². The van der Waals surface area contributed by atoms with Gasteiger partial charge in [0.05, 0.1) is 0 Å². The van der Waals surface area contributed by atoms with Gasteiger partial charge in [-0.2, -0.15) is 0 Å². The number of hydrogen-bond donors (Lipinski definition) is 0. The average molecular weight is 200 g/mol. The van der Waals surface area contributed by atoms with Crippen molar-refractivity contribution in [2.24, 2.45) is 0 Å². The summed E-state index contributed by atoms with van der Waals surface area (Å²) in [5.74, 6) is 0. The smallest absolute Gasteiger partial charge is 0.0346 e. The molecular weight excluding hydrogens is 188 g/mol. The third kappa shape index (κ3) is 1.40. The molecule has 0 unspecified atom stereocenters. The lowest BCUT2D eigenvalue weighted by molar-refractivity contribution is 1.28. The molecule has 0 amide bonds. The number of fused-ring (bicyclic) bond motifs is 1. The van der Waals surface area contributed by atoms with E-state index in [4.69, 9.17) is 0 Å². The van der Waals surface area contributed by atoms with Crippen molar-refractivity contribution in [1.29, 1.82) is 0 Å². The topological polar surface area (TPSA) is 0 Å². The van der Waals surface area contributed by atoms with Crippen molar-refractivity contribution >= 4 is 29.6 Å². The largest absolute Gasteiger partial charge is 0.136 e. The van der Waals surface area contributed by atoms with Crippen molar-refractivity contribution in [1.82, 2.24) is 0 Å². The van der Waals surface area contributed by atoms with Crippen molar-refractivity contribution in [2.75, 3.05) is 0 Å². The van der Waals surface area contributed by atoms with E-state index in [-0.39, 0.29) is 0 Å². The lowest BCUT2D eigenvalue weighted by Crippen LogP contribution is -1.83. The van der Waals surface area contributed by atoms with Crippen LogP contribution in [-0.4, -0.2) is 0 Å². The molecule has 70 valence electrons. The highest BCUT2D eigenvalue weighted by molar-refractivity contribution is 7.14. The Kier molecular flexibility index (Phi) is 2.51. The van der Waals surface area contributed by atoms with Gasteiger partial charge in [0.15, 0.2) is 0 Å². The van der Waals surface area contributed by atoms with E-state index < -0.39 is 0 Å². The third-order valence-corrected chi connectivity index (χ3v) is 3.52. The standard InChI is InChI=1S/C13H12S/c1-3-10-11-8-6-5-7-9-13(11)14-12(10)4-2/h3-7,9H,1-2,8H2. The van der Waals surface area contributed by atoms with E-state index in [9.17, 15) is 0 Å². The van der Waals surface area contributed by atoms with E-state index in [1.807, 2.05) is 12.2 Å². The van der Waals surface area contributed by atoms with Gasteiger partial charge in [0.2, 0.25) is 0 Å². The molecule has 0 spiro atoms. The van der Waals surface area contributed by atoms with E-state index in [1.165, 1.54) is 20.9 Å². The van der Waals surface area contributed by atoms with Crippen LogP contribution in [0.15, 0.2) is 31.4 Å². The molecular formula is C13H12S. The number of rotatable bonds is 2. The highest BCUT2D eigenvalue weighted by Gasteiger charge is 2.11. The van der Waals surface area contributed by atoms with Gasteiger partial charge in [-0.15, -0.1) is 11.3 Å². The maximum absolute atomic E-state index is 3.86. The molecule has 0 N–H and O–H groups in total. The van der Waals surface area contributed by atoms with Gasteiger partial charge in [-0.3, -0.25) is 0 Å². The fourth-order valence-corrected chi connectivity index (χ4v) is 2.74. The summed E-state index contributed by atoms with van der Waals surface area (Å²) >= 11 is 1.78. The molecule has 2 rings (SSSR count). The van der Waals surface area contributed by atoms with Crippen LogP contribution in [0, 0.1) is 0 Å². The normalized spacial score (nSPS) is 13.4. The summed E-state index contributed by atoms with van der Waals surface area (Å²) in [4.78, 5) is 2.56. The van der Waals surface area contributed by atoms with Crippen molar-refractivity contribution in [3.63, 3.8) is 0 Å². The van der Waals surface area contributed by atoms with Gasteiger partial charge in [-0.1, -0.05) is 43.5 Å². The summed E-state index contributed by atoms with van der Waals surface area (Å²) in [6, 6.07) is 0. The summed E-state index contributed by atoms with van der Waals surface area (Å²) in [6.07, 6.45) is 13.3. The predicted octanol–water partition coefficient (Wildman–Crippen LogP) is 4.16. The summed E-state index contributed by atoms with van der Waals surface area (Å²) in [7, 11) is 0. The highest BCUT2D eigenvalue weighted by Crippen LogP contribution is 2.33. The van der Waals surface area contributed by atoms with Gasteiger partial charge in [-0.25, -0.2) is 0 Å². The second-order valence-corrected chi connectivity index (χ2v) is 4.21. The van der Waals surface area contributed by atoms with Gasteiger partial charge >= 0.3 is 0 Å². The number of thiophene rings is 1. The molecule has 14 heavy (non-hydrogen) atoms. The summed E-state index contributed by atoms with van der Waals surface area (Å²) in [5, 5.41) is 0. The van der Waals surface area contributed by atoms with E-state index in [2.05, 4.69) is 37.5 Å². The molecule has 0 atom stereocenters. The fourth-order valence-electron chi connectivity index (χ4n) is 1.64. The number of allylic oxidation sites excluding steroid dienone is 3. The minimum atomic E-state index is 0.994. The van der Waals surface area contributed by atoms with Gasteiger partial charge in [0.25, 0.3) is 0 Å². The van der Waals surface area contributed by atoms with Crippen LogP contribution in [0.1, 0.15) is 20.9 Å². The monoisotopic (exact) mass is 200 g/mol. The van der Waals surface area contributed by atoms with Gasteiger partial charge in [-0.05, 0) is 23.6 Å². The SMILES string of the molecule is C=Cc1sc2c(c1C=C)CC=CC=C2. The molecule has 1 aromatic heterocycles. The Hall–Kier alpha value is -1.34. The van der Waals surface area contributed by atoms with Crippen LogP contribution in [-0.2, 0) is 6.42 Å². The zero-order valence-electron chi connectivity index (χ0n) is 7.99. The third-order valence-electron chi connectivity index (χ3n) is 2.31. The Labute approximate surface area is 88.6 Å². The molecule has 1 aliphatic rings. The molecule has 1 heterocycles. The summed E-state index contributed by atoms with van der Waals surface area (Å²) < 4.78 is 0. The van der Waals surface area contributed by atoms with Crippen LogP contribution < -0.4 is 0 Å². The molecule has 0 fully saturated rings. The first-order valence-corrected chi connectivity index (χ1v) is 5.42. The zero-order valence-corrected chi connectivity index (χ0v) is 8.81. The quantitative estimate of drug-likeness (QED) is 0.672.